The Morgan fingerprint density at radius 2 is 2.54 bits per heavy atom. The minimum Gasteiger partial charge on any atom is -0.356 e. The topological polar surface area (TPSA) is 27.1 Å². The number of nitrogens with one attached hydrogen (secondary N) is 1. The molecule has 1 aromatic heterocycles. The molecule has 0 spiro atoms. The first kappa shape index (κ1) is 8.75. The van der Waals surface area contributed by atoms with Crippen molar-refractivity contribution >= 4 is 17.2 Å². The zero-order valence-electron chi connectivity index (χ0n) is 7.84. The number of hydrogen-bond acceptors (Lipinski definition) is 2. The van der Waals surface area contributed by atoms with Gasteiger partial charge in [-0.05, 0) is 23.4 Å². The second-order valence-electron chi connectivity index (χ2n) is 3.34. The van der Waals surface area contributed by atoms with E-state index in [9.17, 15) is 0 Å². The van der Waals surface area contributed by atoms with Crippen molar-refractivity contribution in [2.75, 3.05) is 6.54 Å². The van der Waals surface area contributed by atoms with Crippen molar-refractivity contribution in [2.24, 2.45) is 0 Å². The van der Waals surface area contributed by atoms with Crippen molar-refractivity contribution in [1.29, 1.82) is 5.41 Å². The molecule has 0 aromatic carbocycles. The van der Waals surface area contributed by atoms with Gasteiger partial charge in [-0.2, -0.15) is 0 Å². The lowest BCUT2D eigenvalue weighted by Crippen LogP contribution is -2.34. The van der Waals surface area contributed by atoms with Crippen LogP contribution in [0.15, 0.2) is 11.4 Å². The molecule has 1 aromatic rings. The summed E-state index contributed by atoms with van der Waals surface area (Å²) in [6.07, 6.45) is 1.97. The molecule has 0 fully saturated rings. The van der Waals surface area contributed by atoms with E-state index in [2.05, 4.69) is 16.3 Å². The van der Waals surface area contributed by atoms with Crippen LogP contribution in [0.5, 0.6) is 0 Å². The molecule has 2 rings (SSSR count). The number of nitrogens with zero attached hydrogens (tertiary/aromatic N) is 1. The Bertz CT molecular complexity index is 316. The normalized spacial score (nSPS) is 15.6. The molecule has 70 valence electrons. The van der Waals surface area contributed by atoms with Gasteiger partial charge in [-0.3, -0.25) is 5.41 Å². The third kappa shape index (κ3) is 1.61. The summed E-state index contributed by atoms with van der Waals surface area (Å²) in [5.41, 5.74) is 1.43. The summed E-state index contributed by atoms with van der Waals surface area (Å²) >= 11 is 1.85. The smallest absolute Gasteiger partial charge is 0.0957 e. The summed E-state index contributed by atoms with van der Waals surface area (Å²) < 4.78 is 0. The van der Waals surface area contributed by atoms with Gasteiger partial charge in [-0.25, -0.2) is 0 Å². The van der Waals surface area contributed by atoms with E-state index in [1.54, 1.807) is 0 Å². The molecular weight excluding hydrogens is 180 g/mol. The first-order chi connectivity index (χ1) is 6.31. The number of fused-ring (bicyclic) bond motifs is 1. The molecule has 1 aliphatic heterocycles. The van der Waals surface area contributed by atoms with Crippen LogP contribution < -0.4 is 0 Å². The van der Waals surface area contributed by atoms with E-state index in [0.717, 1.165) is 31.8 Å². The first-order valence-electron chi connectivity index (χ1n) is 4.69. The van der Waals surface area contributed by atoms with Crippen LogP contribution in [0.25, 0.3) is 0 Å². The summed E-state index contributed by atoms with van der Waals surface area (Å²) in [7, 11) is 0. The van der Waals surface area contributed by atoms with E-state index in [4.69, 9.17) is 5.41 Å². The van der Waals surface area contributed by atoms with E-state index in [1.807, 2.05) is 18.3 Å². The van der Waals surface area contributed by atoms with Crippen LogP contribution in [0.2, 0.25) is 0 Å². The molecule has 0 atom stereocenters. The summed E-state index contributed by atoms with van der Waals surface area (Å²) in [4.78, 5) is 3.69. The maximum Gasteiger partial charge on any atom is 0.0957 e. The maximum absolute atomic E-state index is 7.76. The van der Waals surface area contributed by atoms with Gasteiger partial charge < -0.3 is 4.90 Å². The van der Waals surface area contributed by atoms with Gasteiger partial charge in [0.25, 0.3) is 0 Å². The lowest BCUT2D eigenvalue weighted by molar-refractivity contribution is 0.388. The Labute approximate surface area is 82.7 Å². The van der Waals surface area contributed by atoms with Gasteiger partial charge in [0, 0.05) is 24.4 Å². The van der Waals surface area contributed by atoms with E-state index < -0.39 is 0 Å². The molecule has 0 unspecified atom stereocenters. The summed E-state index contributed by atoms with van der Waals surface area (Å²) in [5.74, 6) is 0.775. The van der Waals surface area contributed by atoms with Gasteiger partial charge in [-0.1, -0.05) is 6.92 Å². The van der Waals surface area contributed by atoms with Crippen molar-refractivity contribution in [1.82, 2.24) is 4.90 Å². The van der Waals surface area contributed by atoms with E-state index in [1.165, 1.54) is 10.4 Å². The molecule has 0 bridgehead atoms. The molecule has 1 aliphatic rings. The molecule has 0 aliphatic carbocycles. The molecule has 0 saturated carbocycles. The Kier molecular flexibility index (Phi) is 2.36. The van der Waals surface area contributed by atoms with Gasteiger partial charge in [0.05, 0.1) is 5.84 Å². The van der Waals surface area contributed by atoms with Crippen molar-refractivity contribution in [3.8, 4) is 0 Å². The van der Waals surface area contributed by atoms with Gasteiger partial charge >= 0.3 is 0 Å². The summed E-state index contributed by atoms with van der Waals surface area (Å²) in [6.45, 7) is 4.02. The highest BCUT2D eigenvalue weighted by molar-refractivity contribution is 7.10. The Hall–Kier alpha value is -0.830. The van der Waals surface area contributed by atoms with Crippen molar-refractivity contribution in [2.45, 2.75) is 26.3 Å². The van der Waals surface area contributed by atoms with Crippen molar-refractivity contribution in [3.05, 3.63) is 21.9 Å². The fourth-order valence-electron chi connectivity index (χ4n) is 1.70. The quantitative estimate of drug-likeness (QED) is 0.539. The zero-order valence-corrected chi connectivity index (χ0v) is 8.66. The van der Waals surface area contributed by atoms with Crippen LogP contribution in [0.1, 0.15) is 23.8 Å². The third-order valence-electron chi connectivity index (χ3n) is 2.52. The number of amidine groups is 1. The van der Waals surface area contributed by atoms with Crippen LogP contribution >= 0.6 is 11.3 Å². The molecule has 2 heterocycles. The van der Waals surface area contributed by atoms with Gasteiger partial charge in [0.15, 0.2) is 0 Å². The Morgan fingerprint density at radius 3 is 3.31 bits per heavy atom. The van der Waals surface area contributed by atoms with Crippen molar-refractivity contribution in [3.63, 3.8) is 0 Å². The highest BCUT2D eigenvalue weighted by Crippen LogP contribution is 2.24. The maximum atomic E-state index is 7.76. The molecule has 0 radical (unpaired) electrons. The summed E-state index contributed by atoms with van der Waals surface area (Å²) in [6, 6.07) is 2.19. The molecule has 1 N–H and O–H groups in total. The standard InChI is InChI=1S/C10H14N2S/c1-2-10(11)12-5-3-9-8(7-12)4-6-13-9/h4,6,11H,2-3,5,7H2,1H3. The predicted octanol–water partition coefficient (Wildman–Crippen LogP) is 2.49. The molecule has 2 nitrogen and oxygen atoms in total. The van der Waals surface area contributed by atoms with Crippen LogP contribution in [0, 0.1) is 5.41 Å². The number of thiophene rings is 1. The SMILES string of the molecule is CCC(=N)N1CCc2sccc2C1. The lowest BCUT2D eigenvalue weighted by Gasteiger charge is -2.28. The second kappa shape index (κ2) is 3.50. The molecule has 0 saturated heterocycles. The van der Waals surface area contributed by atoms with Gasteiger partial charge in [-0.15, -0.1) is 11.3 Å². The summed E-state index contributed by atoms with van der Waals surface area (Å²) in [5, 5.41) is 9.91. The molecule has 13 heavy (non-hydrogen) atoms. The van der Waals surface area contributed by atoms with E-state index >= 15 is 0 Å². The highest BCUT2D eigenvalue weighted by Gasteiger charge is 2.17. The van der Waals surface area contributed by atoms with Crippen LogP contribution in [-0.2, 0) is 13.0 Å². The minimum atomic E-state index is 0.775. The van der Waals surface area contributed by atoms with Crippen LogP contribution in [0.4, 0.5) is 0 Å². The zero-order chi connectivity index (χ0) is 9.26. The van der Waals surface area contributed by atoms with Gasteiger partial charge in [0.1, 0.15) is 0 Å². The second-order valence-corrected chi connectivity index (χ2v) is 4.34. The fourth-order valence-corrected chi connectivity index (χ4v) is 2.59. The van der Waals surface area contributed by atoms with E-state index in [-0.39, 0.29) is 0 Å². The molecular formula is C10H14N2S. The average Bonchev–Trinajstić information content (AvgIpc) is 2.63. The predicted molar refractivity (Wildman–Crippen MR) is 56.5 cm³/mol. The molecule has 3 heteroatoms. The highest BCUT2D eigenvalue weighted by atomic mass is 32.1. The third-order valence-corrected chi connectivity index (χ3v) is 3.55. The Balaban J connectivity index is 2.13. The largest absolute Gasteiger partial charge is 0.356 e. The lowest BCUT2D eigenvalue weighted by atomic mass is 10.1. The van der Waals surface area contributed by atoms with Crippen LogP contribution in [-0.4, -0.2) is 17.3 Å². The number of rotatable bonds is 1. The fraction of sp³-hybridized carbons (Fsp3) is 0.500. The minimum absolute atomic E-state index is 0.775. The van der Waals surface area contributed by atoms with Crippen molar-refractivity contribution < 1.29 is 0 Å². The Morgan fingerprint density at radius 1 is 1.69 bits per heavy atom. The monoisotopic (exact) mass is 194 g/mol. The first-order valence-corrected chi connectivity index (χ1v) is 5.57. The van der Waals surface area contributed by atoms with E-state index in [0.29, 0.717) is 0 Å². The van der Waals surface area contributed by atoms with Gasteiger partial charge in [0.2, 0.25) is 0 Å². The van der Waals surface area contributed by atoms with Crippen LogP contribution in [0.3, 0.4) is 0 Å². The number of hydrogen-bond donors (Lipinski definition) is 1. The average molecular weight is 194 g/mol. The molecule has 0 amide bonds.